The van der Waals surface area contributed by atoms with Crippen LogP contribution in [0.1, 0.15) is 23.0 Å². The molecule has 0 saturated heterocycles. The number of amides is 1. The fourth-order valence-electron chi connectivity index (χ4n) is 2.71. The van der Waals surface area contributed by atoms with E-state index in [1.54, 1.807) is 12.3 Å². The van der Waals surface area contributed by atoms with Crippen molar-refractivity contribution in [2.75, 3.05) is 18.0 Å². The second kappa shape index (κ2) is 9.14. The zero-order valence-corrected chi connectivity index (χ0v) is 15.9. The van der Waals surface area contributed by atoms with Gasteiger partial charge in [-0.3, -0.25) is 4.79 Å². The third-order valence-corrected chi connectivity index (χ3v) is 4.37. The maximum Gasteiger partial charge on any atom is 0.270 e. The average Bonchev–Trinajstić information content (AvgIpc) is 2.71. The number of nitrogens with one attached hydrogen (secondary N) is 1. The van der Waals surface area contributed by atoms with Gasteiger partial charge in [-0.25, -0.2) is 9.97 Å². The van der Waals surface area contributed by atoms with Crippen molar-refractivity contribution in [3.63, 3.8) is 0 Å². The quantitative estimate of drug-likeness (QED) is 0.665. The van der Waals surface area contributed by atoms with Gasteiger partial charge in [0.15, 0.2) is 0 Å². The fourth-order valence-corrected chi connectivity index (χ4v) is 2.84. The van der Waals surface area contributed by atoms with Crippen molar-refractivity contribution < 1.29 is 4.79 Å². The molecule has 0 saturated carbocycles. The minimum atomic E-state index is -0.211. The van der Waals surface area contributed by atoms with Gasteiger partial charge in [0.25, 0.3) is 5.91 Å². The molecule has 3 rings (SSSR count). The van der Waals surface area contributed by atoms with Crippen LogP contribution in [0.5, 0.6) is 0 Å². The van der Waals surface area contributed by atoms with Crippen molar-refractivity contribution in [1.82, 2.24) is 15.3 Å². The molecule has 6 heteroatoms. The van der Waals surface area contributed by atoms with Crippen molar-refractivity contribution in [2.45, 2.75) is 13.3 Å². The van der Waals surface area contributed by atoms with Gasteiger partial charge in [-0.15, -0.1) is 0 Å². The molecule has 3 aromatic rings. The van der Waals surface area contributed by atoms with E-state index in [0.29, 0.717) is 29.8 Å². The Bertz CT molecular complexity index is 884. The Labute approximate surface area is 164 Å². The van der Waals surface area contributed by atoms with Crippen molar-refractivity contribution in [1.29, 1.82) is 0 Å². The van der Waals surface area contributed by atoms with E-state index >= 15 is 0 Å². The molecule has 5 nitrogen and oxygen atoms in total. The lowest BCUT2D eigenvalue weighted by atomic mass is 10.1. The summed E-state index contributed by atoms with van der Waals surface area (Å²) in [5, 5.41) is 3.61. The Morgan fingerprint density at radius 2 is 1.81 bits per heavy atom. The summed E-state index contributed by atoms with van der Waals surface area (Å²) in [5.74, 6) is 0.297. The van der Waals surface area contributed by atoms with E-state index in [0.717, 1.165) is 17.7 Å². The van der Waals surface area contributed by atoms with Crippen LogP contribution < -0.4 is 10.2 Å². The van der Waals surface area contributed by atoms with Gasteiger partial charge in [-0.05, 0) is 49.2 Å². The highest BCUT2D eigenvalue weighted by molar-refractivity contribution is 6.30. The minimum absolute atomic E-state index is 0.211. The summed E-state index contributed by atoms with van der Waals surface area (Å²) in [4.78, 5) is 23.2. The summed E-state index contributed by atoms with van der Waals surface area (Å²) in [6.07, 6.45) is 2.34. The van der Waals surface area contributed by atoms with Crippen LogP contribution in [-0.4, -0.2) is 29.0 Å². The molecule has 0 fully saturated rings. The van der Waals surface area contributed by atoms with Crippen LogP contribution in [0, 0.1) is 0 Å². The van der Waals surface area contributed by atoms with Crippen molar-refractivity contribution in [3.05, 3.63) is 83.1 Å². The number of anilines is 2. The lowest BCUT2D eigenvalue weighted by Crippen LogP contribution is -2.27. The molecular weight excluding hydrogens is 360 g/mol. The smallest absolute Gasteiger partial charge is 0.270 e. The Hall–Kier alpha value is -2.92. The molecule has 0 bridgehead atoms. The molecule has 0 aliphatic heterocycles. The van der Waals surface area contributed by atoms with Gasteiger partial charge in [0, 0.05) is 30.0 Å². The van der Waals surface area contributed by atoms with Gasteiger partial charge >= 0.3 is 0 Å². The Morgan fingerprint density at radius 1 is 1.07 bits per heavy atom. The number of carbonyl (C=O) groups is 1. The number of carbonyl (C=O) groups excluding carboxylic acids is 1. The van der Waals surface area contributed by atoms with E-state index in [-0.39, 0.29) is 5.91 Å². The average molecular weight is 381 g/mol. The van der Waals surface area contributed by atoms with E-state index in [1.807, 2.05) is 66.4 Å². The van der Waals surface area contributed by atoms with E-state index in [1.165, 1.54) is 0 Å². The largest absolute Gasteiger partial charge is 0.350 e. The first-order valence-electron chi connectivity index (χ1n) is 8.85. The normalized spacial score (nSPS) is 10.4. The molecule has 2 aromatic carbocycles. The summed E-state index contributed by atoms with van der Waals surface area (Å²) in [5.41, 5.74) is 2.45. The first-order chi connectivity index (χ1) is 13.2. The number of aromatic nitrogens is 2. The number of rotatable bonds is 7. The zero-order valence-electron chi connectivity index (χ0n) is 15.1. The maximum atomic E-state index is 12.4. The number of hydrogen-bond donors (Lipinski definition) is 1. The first-order valence-corrected chi connectivity index (χ1v) is 9.23. The zero-order chi connectivity index (χ0) is 19.1. The van der Waals surface area contributed by atoms with Crippen LogP contribution in [0.3, 0.4) is 0 Å². The molecule has 0 atom stereocenters. The number of nitrogens with zero attached hydrogens (tertiary/aromatic N) is 3. The van der Waals surface area contributed by atoms with E-state index in [9.17, 15) is 4.79 Å². The number of para-hydroxylation sites is 1. The summed E-state index contributed by atoms with van der Waals surface area (Å²) >= 11 is 5.88. The Balaban J connectivity index is 1.65. The molecule has 1 aromatic heterocycles. The summed E-state index contributed by atoms with van der Waals surface area (Å²) in [6.45, 7) is 3.25. The third kappa shape index (κ3) is 5.05. The van der Waals surface area contributed by atoms with Crippen LogP contribution in [0.15, 0.2) is 66.9 Å². The molecular formula is C21H21ClN4O. The van der Waals surface area contributed by atoms with Crippen molar-refractivity contribution in [3.8, 4) is 0 Å². The van der Waals surface area contributed by atoms with Crippen molar-refractivity contribution in [2.24, 2.45) is 0 Å². The SMILES string of the molecule is CCN(c1ccccc1)c1nccc(C(=O)NCCc2ccc(Cl)cc2)n1. The number of hydrogen-bond acceptors (Lipinski definition) is 4. The van der Waals surface area contributed by atoms with Crippen LogP contribution in [0.2, 0.25) is 5.02 Å². The highest BCUT2D eigenvalue weighted by Gasteiger charge is 2.13. The topological polar surface area (TPSA) is 58.1 Å². The summed E-state index contributed by atoms with van der Waals surface area (Å²) in [7, 11) is 0. The first kappa shape index (κ1) is 18.9. The fraction of sp³-hybridized carbons (Fsp3) is 0.190. The third-order valence-electron chi connectivity index (χ3n) is 4.11. The predicted molar refractivity (Wildman–Crippen MR) is 109 cm³/mol. The molecule has 138 valence electrons. The molecule has 0 radical (unpaired) electrons. The highest BCUT2D eigenvalue weighted by Crippen LogP contribution is 2.21. The van der Waals surface area contributed by atoms with E-state index < -0.39 is 0 Å². The molecule has 27 heavy (non-hydrogen) atoms. The molecule has 1 N–H and O–H groups in total. The lowest BCUT2D eigenvalue weighted by molar-refractivity contribution is 0.0949. The van der Waals surface area contributed by atoms with Gasteiger partial charge < -0.3 is 10.2 Å². The monoisotopic (exact) mass is 380 g/mol. The predicted octanol–water partition coefficient (Wildman–Crippen LogP) is 4.26. The second-order valence-electron chi connectivity index (χ2n) is 5.95. The van der Waals surface area contributed by atoms with Gasteiger partial charge in [0.1, 0.15) is 5.69 Å². The van der Waals surface area contributed by atoms with E-state index in [2.05, 4.69) is 15.3 Å². The van der Waals surface area contributed by atoms with Crippen LogP contribution in [0.25, 0.3) is 0 Å². The van der Waals surface area contributed by atoms with E-state index in [4.69, 9.17) is 11.6 Å². The summed E-state index contributed by atoms with van der Waals surface area (Å²) in [6, 6.07) is 19.1. The molecule has 0 aliphatic rings. The molecule has 1 amide bonds. The van der Waals surface area contributed by atoms with Crippen LogP contribution >= 0.6 is 11.6 Å². The second-order valence-corrected chi connectivity index (χ2v) is 6.39. The molecule has 0 spiro atoms. The summed E-state index contributed by atoms with van der Waals surface area (Å²) < 4.78 is 0. The van der Waals surface area contributed by atoms with Gasteiger partial charge in [-0.2, -0.15) is 0 Å². The molecule has 1 heterocycles. The van der Waals surface area contributed by atoms with Gasteiger partial charge in [0.05, 0.1) is 0 Å². The standard InChI is InChI=1S/C21H21ClN4O/c1-2-26(18-6-4-3-5-7-18)21-24-15-13-19(25-21)20(27)23-14-12-16-8-10-17(22)11-9-16/h3-11,13,15H,2,12,14H2,1H3,(H,23,27). The van der Waals surface area contributed by atoms with Gasteiger partial charge in [0.2, 0.25) is 5.95 Å². The molecule has 0 unspecified atom stereocenters. The Morgan fingerprint density at radius 3 is 2.52 bits per heavy atom. The number of benzene rings is 2. The highest BCUT2D eigenvalue weighted by atomic mass is 35.5. The Kier molecular flexibility index (Phi) is 6.39. The van der Waals surface area contributed by atoms with Crippen LogP contribution in [-0.2, 0) is 6.42 Å². The van der Waals surface area contributed by atoms with Crippen LogP contribution in [0.4, 0.5) is 11.6 Å². The minimum Gasteiger partial charge on any atom is -0.350 e. The van der Waals surface area contributed by atoms with Crippen molar-refractivity contribution >= 4 is 29.1 Å². The maximum absolute atomic E-state index is 12.4. The van der Waals surface area contributed by atoms with Gasteiger partial charge in [-0.1, -0.05) is 41.9 Å². The number of halogens is 1. The molecule has 0 aliphatic carbocycles. The lowest BCUT2D eigenvalue weighted by Gasteiger charge is -2.21.